The smallest absolute Gasteiger partial charge is 0.412 e. The van der Waals surface area contributed by atoms with Crippen molar-refractivity contribution in [3.8, 4) is 0 Å². The Kier molecular flexibility index (Phi) is 9.71. The molecule has 0 spiro atoms. The Hall–Kier alpha value is -3.03. The van der Waals surface area contributed by atoms with Gasteiger partial charge in [-0.2, -0.15) is 0 Å². The fourth-order valence-electron chi connectivity index (χ4n) is 2.13. The molecule has 2 amide bonds. The Morgan fingerprint density at radius 3 is 2.38 bits per heavy atom. The van der Waals surface area contributed by atoms with E-state index in [1.807, 2.05) is 45.0 Å². The van der Waals surface area contributed by atoms with E-state index in [-0.39, 0.29) is 12.5 Å². The third-order valence-electron chi connectivity index (χ3n) is 3.59. The van der Waals surface area contributed by atoms with Crippen LogP contribution in [0.15, 0.2) is 41.9 Å². The van der Waals surface area contributed by atoms with Crippen LogP contribution in [0.2, 0.25) is 0 Å². The highest BCUT2D eigenvalue weighted by atomic mass is 16.6. The summed E-state index contributed by atoms with van der Waals surface area (Å²) in [4.78, 5) is 29.3. The van der Waals surface area contributed by atoms with Crippen LogP contribution < -0.4 is 16.0 Å². The Morgan fingerprint density at radius 2 is 1.83 bits per heavy atom. The number of carbonyl (C=O) groups excluding carboxylic acids is 2. The first-order valence-corrected chi connectivity index (χ1v) is 9.53. The second kappa shape index (κ2) is 11.7. The van der Waals surface area contributed by atoms with Crippen LogP contribution in [0.5, 0.6) is 0 Å². The molecule has 160 valence electrons. The maximum absolute atomic E-state index is 11.8. The van der Waals surface area contributed by atoms with Crippen molar-refractivity contribution in [2.45, 2.75) is 32.8 Å². The van der Waals surface area contributed by atoms with E-state index in [9.17, 15) is 9.59 Å². The largest absolute Gasteiger partial charge is 0.444 e. The van der Waals surface area contributed by atoms with E-state index in [0.29, 0.717) is 24.7 Å². The van der Waals surface area contributed by atoms with Gasteiger partial charge in [0.25, 0.3) is 0 Å². The van der Waals surface area contributed by atoms with Crippen molar-refractivity contribution in [3.63, 3.8) is 0 Å². The number of amides is 2. The minimum atomic E-state index is -0.536. The molecule has 0 unspecified atom stereocenters. The summed E-state index contributed by atoms with van der Waals surface area (Å²) in [5.74, 6) is 0.487. The minimum Gasteiger partial charge on any atom is -0.444 e. The number of carbonyl (C=O) groups is 2. The molecule has 0 aliphatic carbocycles. The van der Waals surface area contributed by atoms with Gasteiger partial charge in [0, 0.05) is 32.9 Å². The summed E-state index contributed by atoms with van der Waals surface area (Å²) < 4.78 is 5.24. The van der Waals surface area contributed by atoms with Crippen LogP contribution in [0.4, 0.5) is 10.5 Å². The fraction of sp³-hybridized carbons (Fsp3) is 0.476. The monoisotopic (exact) mass is 403 g/mol. The summed E-state index contributed by atoms with van der Waals surface area (Å²) in [5.41, 5.74) is 1.24. The number of hydrogen-bond acceptors (Lipinski definition) is 4. The molecule has 3 N–H and O–H groups in total. The van der Waals surface area contributed by atoms with Gasteiger partial charge in [-0.05, 0) is 44.9 Å². The molecule has 0 bridgehead atoms. The van der Waals surface area contributed by atoms with Crippen LogP contribution in [-0.4, -0.2) is 62.2 Å². The second-order valence-corrected chi connectivity index (χ2v) is 7.62. The number of guanidine groups is 1. The molecule has 1 aromatic rings. The number of anilines is 1. The molecule has 29 heavy (non-hydrogen) atoms. The number of nitrogens with one attached hydrogen (secondary N) is 3. The molecular weight excluding hydrogens is 370 g/mol. The Morgan fingerprint density at radius 1 is 1.17 bits per heavy atom. The van der Waals surface area contributed by atoms with E-state index < -0.39 is 11.7 Å². The summed E-state index contributed by atoms with van der Waals surface area (Å²) in [6.07, 6.45) is 2.00. The third kappa shape index (κ3) is 10.8. The fourth-order valence-corrected chi connectivity index (χ4v) is 2.13. The van der Waals surface area contributed by atoms with Gasteiger partial charge < -0.3 is 20.3 Å². The van der Waals surface area contributed by atoms with E-state index in [4.69, 9.17) is 4.74 Å². The van der Waals surface area contributed by atoms with Gasteiger partial charge in [0.2, 0.25) is 5.91 Å². The first-order chi connectivity index (χ1) is 13.6. The summed E-state index contributed by atoms with van der Waals surface area (Å²) in [7, 11) is 3.40. The van der Waals surface area contributed by atoms with Crippen molar-refractivity contribution in [3.05, 3.63) is 42.5 Å². The van der Waals surface area contributed by atoms with Gasteiger partial charge in [0.05, 0.1) is 0 Å². The highest BCUT2D eigenvalue weighted by Gasteiger charge is 2.16. The minimum absolute atomic E-state index is 0.0715. The van der Waals surface area contributed by atoms with Crippen molar-refractivity contribution in [2.24, 2.45) is 4.99 Å². The third-order valence-corrected chi connectivity index (χ3v) is 3.59. The van der Waals surface area contributed by atoms with Crippen LogP contribution in [0, 0.1) is 0 Å². The van der Waals surface area contributed by atoms with E-state index in [1.54, 1.807) is 20.2 Å². The molecule has 0 atom stereocenters. The average molecular weight is 404 g/mol. The first-order valence-electron chi connectivity index (χ1n) is 9.53. The van der Waals surface area contributed by atoms with Crippen molar-refractivity contribution >= 4 is 23.6 Å². The molecule has 0 aliphatic rings. The van der Waals surface area contributed by atoms with Crippen molar-refractivity contribution in [2.75, 3.05) is 39.0 Å². The van der Waals surface area contributed by atoms with Crippen molar-refractivity contribution in [1.29, 1.82) is 0 Å². The molecule has 0 heterocycles. The Bertz CT molecular complexity index is 706. The van der Waals surface area contributed by atoms with Gasteiger partial charge >= 0.3 is 6.09 Å². The van der Waals surface area contributed by atoms with E-state index in [0.717, 1.165) is 12.0 Å². The maximum Gasteiger partial charge on any atom is 0.412 e. The summed E-state index contributed by atoms with van der Waals surface area (Å²) in [6, 6.07) is 7.55. The quantitative estimate of drug-likeness (QED) is 0.352. The predicted molar refractivity (Wildman–Crippen MR) is 117 cm³/mol. The van der Waals surface area contributed by atoms with E-state index >= 15 is 0 Å². The second-order valence-electron chi connectivity index (χ2n) is 7.62. The molecule has 0 radical (unpaired) electrons. The van der Waals surface area contributed by atoms with Crippen molar-refractivity contribution in [1.82, 2.24) is 15.5 Å². The number of aliphatic imine (C=N–C) groups is 1. The van der Waals surface area contributed by atoms with Crippen LogP contribution >= 0.6 is 0 Å². The predicted octanol–water partition coefficient (Wildman–Crippen LogP) is 2.39. The Balaban J connectivity index is 2.53. The maximum atomic E-state index is 11.8. The van der Waals surface area contributed by atoms with Gasteiger partial charge in [0.15, 0.2) is 5.96 Å². The number of likely N-dealkylation sites (N-methyl/N-ethyl adjacent to an activating group) is 1. The number of rotatable bonds is 8. The number of ether oxygens (including phenoxy) is 1. The zero-order valence-corrected chi connectivity index (χ0v) is 18.0. The molecule has 0 saturated carbocycles. The molecule has 8 heteroatoms. The highest BCUT2D eigenvalue weighted by molar-refractivity contribution is 5.85. The SMILES string of the molecule is C=CCNC(=NCC(=O)N(C)C)NCCc1ccc(NC(=O)OC(C)(C)C)cc1. The summed E-state index contributed by atoms with van der Waals surface area (Å²) in [5, 5.41) is 9.00. The standard InChI is InChI=1S/C21H33N5O3/c1-7-13-22-19(24-15-18(27)26(5)6)23-14-12-16-8-10-17(11-9-16)25-20(28)29-21(2,3)4/h7-11H,1,12-15H2,2-6H3,(H,25,28)(H2,22,23,24). The van der Waals surface area contributed by atoms with Gasteiger partial charge in [-0.25, -0.2) is 9.79 Å². The molecule has 0 saturated heterocycles. The lowest BCUT2D eigenvalue weighted by molar-refractivity contribution is -0.127. The molecule has 1 aromatic carbocycles. The van der Waals surface area contributed by atoms with Crippen LogP contribution in [0.25, 0.3) is 0 Å². The summed E-state index contributed by atoms with van der Waals surface area (Å²) in [6.45, 7) is 10.4. The van der Waals surface area contributed by atoms with Gasteiger partial charge in [-0.1, -0.05) is 18.2 Å². The number of benzene rings is 1. The highest BCUT2D eigenvalue weighted by Crippen LogP contribution is 2.13. The Labute approximate surface area is 173 Å². The van der Waals surface area contributed by atoms with Crippen LogP contribution in [0.1, 0.15) is 26.3 Å². The number of nitrogens with zero attached hydrogens (tertiary/aromatic N) is 2. The lowest BCUT2D eigenvalue weighted by Gasteiger charge is -2.19. The molecule has 1 rings (SSSR count). The lowest BCUT2D eigenvalue weighted by Crippen LogP contribution is -2.39. The van der Waals surface area contributed by atoms with Gasteiger partial charge in [0.1, 0.15) is 12.1 Å². The van der Waals surface area contributed by atoms with E-state index in [1.165, 1.54) is 4.90 Å². The molecule has 0 fully saturated rings. The normalized spacial score (nSPS) is 11.4. The molecule has 0 aromatic heterocycles. The molecular formula is C21H33N5O3. The lowest BCUT2D eigenvalue weighted by atomic mass is 10.1. The molecule has 8 nitrogen and oxygen atoms in total. The van der Waals surface area contributed by atoms with Crippen LogP contribution in [0.3, 0.4) is 0 Å². The number of hydrogen-bond donors (Lipinski definition) is 3. The van der Waals surface area contributed by atoms with Crippen LogP contribution in [-0.2, 0) is 16.0 Å². The van der Waals surface area contributed by atoms with Gasteiger partial charge in [-0.15, -0.1) is 6.58 Å². The topological polar surface area (TPSA) is 95.1 Å². The zero-order valence-electron chi connectivity index (χ0n) is 18.0. The molecule has 0 aliphatic heterocycles. The van der Waals surface area contributed by atoms with Gasteiger partial charge in [-0.3, -0.25) is 10.1 Å². The zero-order chi connectivity index (χ0) is 21.9. The summed E-state index contributed by atoms with van der Waals surface area (Å²) >= 11 is 0. The first kappa shape index (κ1) is 24.0. The average Bonchev–Trinajstić information content (AvgIpc) is 2.62. The van der Waals surface area contributed by atoms with Crippen molar-refractivity contribution < 1.29 is 14.3 Å². The van der Waals surface area contributed by atoms with E-state index in [2.05, 4.69) is 27.5 Å².